The number of rotatable bonds is 6. The van der Waals surface area contributed by atoms with Crippen LogP contribution in [0.4, 0.5) is 4.79 Å². The maximum atomic E-state index is 11.3. The van der Waals surface area contributed by atoms with Gasteiger partial charge in [-0.2, -0.15) is 0 Å². The Balaban J connectivity index is 1.73. The molecular weight excluding hydrogens is 332 g/mol. The monoisotopic (exact) mass is 356 g/mol. The first-order valence-electron chi connectivity index (χ1n) is 8.99. The Bertz CT molecular complexity index is 723. The van der Waals surface area contributed by atoms with Gasteiger partial charge >= 0.3 is 6.09 Å². The van der Waals surface area contributed by atoms with Gasteiger partial charge in [-0.15, -0.1) is 0 Å². The highest BCUT2D eigenvalue weighted by atomic mass is 16.5. The van der Waals surface area contributed by atoms with Crippen molar-refractivity contribution in [2.45, 2.75) is 32.3 Å². The molecular formula is C20H24N2O4. The molecule has 1 amide bonds. The SMILES string of the molecule is CC[C@H](Oc1cccnc1Oc1ccccc1)[C@H]1CCCN(C(=O)O)C1. The van der Waals surface area contributed by atoms with Crippen LogP contribution >= 0.6 is 0 Å². The van der Waals surface area contributed by atoms with E-state index < -0.39 is 6.09 Å². The smallest absolute Gasteiger partial charge is 0.407 e. The number of piperidine rings is 1. The van der Waals surface area contributed by atoms with Gasteiger partial charge < -0.3 is 19.5 Å². The highest BCUT2D eigenvalue weighted by molar-refractivity contribution is 5.65. The lowest BCUT2D eigenvalue weighted by atomic mass is 9.91. The van der Waals surface area contributed by atoms with Gasteiger partial charge in [0.05, 0.1) is 0 Å². The number of pyridine rings is 1. The van der Waals surface area contributed by atoms with E-state index in [1.54, 1.807) is 6.20 Å². The number of carboxylic acid groups (broad SMARTS) is 1. The van der Waals surface area contributed by atoms with E-state index in [1.807, 2.05) is 42.5 Å². The van der Waals surface area contributed by atoms with E-state index in [0.717, 1.165) is 19.3 Å². The molecule has 2 atom stereocenters. The summed E-state index contributed by atoms with van der Waals surface area (Å²) in [6.07, 6.45) is 3.32. The zero-order chi connectivity index (χ0) is 18.4. The number of para-hydroxylation sites is 1. The molecule has 1 N–H and O–H groups in total. The normalized spacial score (nSPS) is 18.2. The lowest BCUT2D eigenvalue weighted by Crippen LogP contribution is -2.44. The zero-order valence-electron chi connectivity index (χ0n) is 14.9. The van der Waals surface area contributed by atoms with E-state index in [1.165, 1.54) is 4.90 Å². The molecule has 1 aliphatic heterocycles. The molecule has 1 saturated heterocycles. The van der Waals surface area contributed by atoms with Gasteiger partial charge in [-0.1, -0.05) is 25.1 Å². The minimum Gasteiger partial charge on any atom is -0.484 e. The van der Waals surface area contributed by atoms with Crippen molar-refractivity contribution in [3.05, 3.63) is 48.7 Å². The summed E-state index contributed by atoms with van der Waals surface area (Å²) < 4.78 is 12.1. The molecule has 0 saturated carbocycles. The summed E-state index contributed by atoms with van der Waals surface area (Å²) in [7, 11) is 0. The molecule has 1 aromatic carbocycles. The predicted octanol–water partition coefficient (Wildman–Crippen LogP) is 4.42. The van der Waals surface area contributed by atoms with Gasteiger partial charge in [-0.3, -0.25) is 0 Å². The third-order valence-electron chi connectivity index (χ3n) is 4.63. The number of amides is 1. The highest BCUT2D eigenvalue weighted by Crippen LogP contribution is 2.32. The number of nitrogens with zero attached hydrogens (tertiary/aromatic N) is 2. The second-order valence-corrected chi connectivity index (χ2v) is 6.42. The Morgan fingerprint density at radius 1 is 1.31 bits per heavy atom. The fourth-order valence-electron chi connectivity index (χ4n) is 3.31. The quantitative estimate of drug-likeness (QED) is 0.829. The Morgan fingerprint density at radius 3 is 2.85 bits per heavy atom. The van der Waals surface area contributed by atoms with Crippen LogP contribution in [0.15, 0.2) is 48.7 Å². The molecule has 0 radical (unpaired) electrons. The lowest BCUT2D eigenvalue weighted by molar-refractivity contribution is 0.0612. The van der Waals surface area contributed by atoms with Crippen molar-refractivity contribution in [1.29, 1.82) is 0 Å². The molecule has 0 spiro atoms. The van der Waals surface area contributed by atoms with E-state index in [-0.39, 0.29) is 12.0 Å². The highest BCUT2D eigenvalue weighted by Gasteiger charge is 2.30. The topological polar surface area (TPSA) is 71.9 Å². The minimum atomic E-state index is -0.862. The van der Waals surface area contributed by atoms with Crippen molar-refractivity contribution < 1.29 is 19.4 Å². The maximum absolute atomic E-state index is 11.3. The van der Waals surface area contributed by atoms with Gasteiger partial charge in [-0.25, -0.2) is 9.78 Å². The Kier molecular flexibility index (Phi) is 5.94. The molecule has 0 aliphatic carbocycles. The van der Waals surface area contributed by atoms with E-state index in [0.29, 0.717) is 30.5 Å². The molecule has 26 heavy (non-hydrogen) atoms. The van der Waals surface area contributed by atoms with Gasteiger partial charge in [-0.05, 0) is 43.5 Å². The standard InChI is InChI=1S/C20H24N2O4/c1-2-17(15-8-7-13-22(14-15)20(23)24)26-18-11-6-12-21-19(18)25-16-9-4-3-5-10-16/h3-6,9-12,15,17H,2,7-8,13-14H2,1H3,(H,23,24)/t15-,17-/m0/s1. The number of likely N-dealkylation sites (tertiary alicyclic amines) is 1. The van der Waals surface area contributed by atoms with Gasteiger partial charge in [0.2, 0.25) is 0 Å². The summed E-state index contributed by atoms with van der Waals surface area (Å²) in [6.45, 7) is 3.15. The molecule has 2 aromatic rings. The third-order valence-corrected chi connectivity index (χ3v) is 4.63. The fraction of sp³-hybridized carbons (Fsp3) is 0.400. The lowest BCUT2D eigenvalue weighted by Gasteiger charge is -2.35. The van der Waals surface area contributed by atoms with Crippen LogP contribution in [0.5, 0.6) is 17.4 Å². The Labute approximate surface area is 153 Å². The molecule has 1 aromatic heterocycles. The molecule has 0 unspecified atom stereocenters. The van der Waals surface area contributed by atoms with Gasteiger partial charge in [0.25, 0.3) is 5.88 Å². The summed E-state index contributed by atoms with van der Waals surface area (Å²) in [6, 6.07) is 13.1. The number of hydrogen-bond acceptors (Lipinski definition) is 4. The summed E-state index contributed by atoms with van der Waals surface area (Å²) in [5, 5.41) is 9.26. The van der Waals surface area contributed by atoms with Crippen LogP contribution in [0.2, 0.25) is 0 Å². The number of benzene rings is 1. The van der Waals surface area contributed by atoms with Crippen LogP contribution in [0.25, 0.3) is 0 Å². The van der Waals surface area contributed by atoms with Crippen molar-refractivity contribution in [3.63, 3.8) is 0 Å². The van der Waals surface area contributed by atoms with E-state index >= 15 is 0 Å². The molecule has 138 valence electrons. The third kappa shape index (κ3) is 4.45. The van der Waals surface area contributed by atoms with Crippen LogP contribution in [0.1, 0.15) is 26.2 Å². The van der Waals surface area contributed by atoms with Gasteiger partial charge in [0.15, 0.2) is 5.75 Å². The number of carbonyl (C=O) groups is 1. The van der Waals surface area contributed by atoms with Crippen LogP contribution in [0, 0.1) is 5.92 Å². The van der Waals surface area contributed by atoms with Crippen LogP contribution in [0.3, 0.4) is 0 Å². The second kappa shape index (κ2) is 8.56. The number of ether oxygens (including phenoxy) is 2. The molecule has 0 bridgehead atoms. The second-order valence-electron chi connectivity index (χ2n) is 6.42. The minimum absolute atomic E-state index is 0.0838. The summed E-state index contributed by atoms with van der Waals surface area (Å²) >= 11 is 0. The summed E-state index contributed by atoms with van der Waals surface area (Å²) in [4.78, 5) is 17.1. The van der Waals surface area contributed by atoms with E-state index in [2.05, 4.69) is 11.9 Å². The first-order valence-corrected chi connectivity index (χ1v) is 8.99. The summed E-state index contributed by atoms with van der Waals surface area (Å²) in [5.74, 6) is 1.85. The zero-order valence-corrected chi connectivity index (χ0v) is 14.9. The van der Waals surface area contributed by atoms with E-state index in [9.17, 15) is 9.90 Å². The van der Waals surface area contributed by atoms with Crippen LogP contribution in [-0.2, 0) is 0 Å². The van der Waals surface area contributed by atoms with Gasteiger partial charge in [0, 0.05) is 25.2 Å². The van der Waals surface area contributed by atoms with Crippen LogP contribution < -0.4 is 9.47 Å². The van der Waals surface area contributed by atoms with E-state index in [4.69, 9.17) is 9.47 Å². The molecule has 3 rings (SSSR count). The Hall–Kier alpha value is -2.76. The average molecular weight is 356 g/mol. The fourth-order valence-corrected chi connectivity index (χ4v) is 3.31. The largest absolute Gasteiger partial charge is 0.484 e. The molecule has 6 nitrogen and oxygen atoms in total. The van der Waals surface area contributed by atoms with Crippen molar-refractivity contribution in [3.8, 4) is 17.4 Å². The molecule has 6 heteroatoms. The van der Waals surface area contributed by atoms with Gasteiger partial charge in [0.1, 0.15) is 11.9 Å². The molecule has 2 heterocycles. The Morgan fingerprint density at radius 2 is 2.12 bits per heavy atom. The molecule has 1 fully saturated rings. The van der Waals surface area contributed by atoms with Crippen molar-refractivity contribution in [1.82, 2.24) is 9.88 Å². The first-order chi connectivity index (χ1) is 12.7. The first kappa shape index (κ1) is 18.0. The average Bonchev–Trinajstić information content (AvgIpc) is 2.68. The molecule has 1 aliphatic rings. The predicted molar refractivity (Wildman–Crippen MR) is 97.8 cm³/mol. The van der Waals surface area contributed by atoms with Crippen molar-refractivity contribution in [2.75, 3.05) is 13.1 Å². The van der Waals surface area contributed by atoms with Crippen LogP contribution in [-0.4, -0.2) is 40.3 Å². The summed E-state index contributed by atoms with van der Waals surface area (Å²) in [5.41, 5.74) is 0. The number of hydrogen-bond donors (Lipinski definition) is 1. The maximum Gasteiger partial charge on any atom is 0.407 e. The van der Waals surface area contributed by atoms with Crippen molar-refractivity contribution >= 4 is 6.09 Å². The number of aromatic nitrogens is 1. The van der Waals surface area contributed by atoms with Crippen molar-refractivity contribution in [2.24, 2.45) is 5.92 Å².